The van der Waals surface area contributed by atoms with Gasteiger partial charge >= 0.3 is 0 Å². The summed E-state index contributed by atoms with van der Waals surface area (Å²) in [5.74, 6) is 1.20. The first kappa shape index (κ1) is 22.3. The van der Waals surface area contributed by atoms with Crippen LogP contribution in [0.5, 0.6) is 5.75 Å². The minimum atomic E-state index is -0.258. The summed E-state index contributed by atoms with van der Waals surface area (Å²) in [4.78, 5) is 12.2. The summed E-state index contributed by atoms with van der Waals surface area (Å²) in [5.41, 5.74) is 2.55. The zero-order valence-corrected chi connectivity index (χ0v) is 19.9. The Labute approximate surface area is 196 Å². The van der Waals surface area contributed by atoms with E-state index in [0.29, 0.717) is 10.9 Å². The fourth-order valence-electron chi connectivity index (χ4n) is 3.23. The highest BCUT2D eigenvalue weighted by Crippen LogP contribution is 2.31. The highest BCUT2D eigenvalue weighted by Gasteiger charge is 2.14. The number of hydrogen-bond acceptors (Lipinski definition) is 6. The molecule has 0 bridgehead atoms. The van der Waals surface area contributed by atoms with Crippen LogP contribution in [-0.4, -0.2) is 22.7 Å². The van der Waals surface area contributed by atoms with Gasteiger partial charge in [-0.3, -0.25) is 10.1 Å². The lowest BCUT2D eigenvalue weighted by Gasteiger charge is -2.19. The van der Waals surface area contributed by atoms with Crippen LogP contribution in [0.2, 0.25) is 0 Å². The van der Waals surface area contributed by atoms with Crippen molar-refractivity contribution in [2.75, 3.05) is 11.9 Å². The molecule has 0 aliphatic heterocycles. The van der Waals surface area contributed by atoms with E-state index in [1.54, 1.807) is 11.8 Å². The molecule has 4 aromatic rings. The third-order valence-corrected chi connectivity index (χ3v) is 6.99. The van der Waals surface area contributed by atoms with Crippen LogP contribution in [-0.2, 0) is 16.0 Å². The van der Waals surface area contributed by atoms with E-state index >= 15 is 0 Å². The second kappa shape index (κ2) is 9.71. The quantitative estimate of drug-likeness (QED) is 0.257. The van der Waals surface area contributed by atoms with Crippen molar-refractivity contribution in [3.05, 3.63) is 77.9 Å². The molecule has 5 nitrogen and oxygen atoms in total. The Bertz CT molecular complexity index is 1210. The Balaban J connectivity index is 1.28. The molecule has 0 radical (unpaired) electrons. The second-order valence-electron chi connectivity index (χ2n) is 8.41. The van der Waals surface area contributed by atoms with Crippen molar-refractivity contribution in [2.45, 2.75) is 36.3 Å². The number of ether oxygens (including phenoxy) is 1. The summed E-state index contributed by atoms with van der Waals surface area (Å²) in [6.07, 6.45) is 0. The van der Waals surface area contributed by atoms with E-state index in [1.165, 1.54) is 33.2 Å². The van der Waals surface area contributed by atoms with E-state index in [9.17, 15) is 4.79 Å². The molecule has 4 rings (SSSR count). The van der Waals surface area contributed by atoms with Gasteiger partial charge in [-0.05, 0) is 39.4 Å². The summed E-state index contributed by atoms with van der Waals surface area (Å²) in [7, 11) is 0. The number of thioether (sulfide) groups is 1. The Morgan fingerprint density at radius 1 is 1.00 bits per heavy atom. The number of fused-ring (bicyclic) bond motifs is 1. The lowest BCUT2D eigenvalue weighted by atomic mass is 9.87. The molecule has 0 fully saturated rings. The van der Waals surface area contributed by atoms with Gasteiger partial charge in [0, 0.05) is 5.75 Å². The third kappa shape index (κ3) is 5.66. The van der Waals surface area contributed by atoms with Crippen molar-refractivity contribution in [1.29, 1.82) is 0 Å². The molecular formula is C25H25N3O2S2. The number of aromatic nitrogens is 2. The average Bonchev–Trinajstić information content (AvgIpc) is 3.23. The summed E-state index contributed by atoms with van der Waals surface area (Å²) >= 11 is 2.98. The van der Waals surface area contributed by atoms with Crippen LogP contribution in [0.3, 0.4) is 0 Å². The van der Waals surface area contributed by atoms with Crippen LogP contribution in [0.1, 0.15) is 31.9 Å². The molecular weight excluding hydrogens is 438 g/mol. The van der Waals surface area contributed by atoms with Gasteiger partial charge in [0.1, 0.15) is 5.75 Å². The minimum Gasteiger partial charge on any atom is -0.484 e. The molecule has 3 aromatic carbocycles. The number of nitrogens with zero attached hydrogens (tertiary/aromatic N) is 2. The van der Waals surface area contributed by atoms with Crippen LogP contribution < -0.4 is 10.1 Å². The largest absolute Gasteiger partial charge is 0.484 e. The zero-order chi connectivity index (χ0) is 22.6. The summed E-state index contributed by atoms with van der Waals surface area (Å²) in [5, 5.41) is 14.0. The van der Waals surface area contributed by atoms with Crippen LogP contribution in [0.25, 0.3) is 10.8 Å². The number of hydrogen-bond donors (Lipinski definition) is 1. The van der Waals surface area contributed by atoms with Crippen molar-refractivity contribution in [2.24, 2.45) is 0 Å². The van der Waals surface area contributed by atoms with Gasteiger partial charge in [0.05, 0.1) is 0 Å². The molecule has 0 atom stereocenters. The maximum atomic E-state index is 12.2. The van der Waals surface area contributed by atoms with Gasteiger partial charge in [-0.2, -0.15) is 0 Å². The molecule has 0 aliphatic carbocycles. The van der Waals surface area contributed by atoms with Crippen LogP contribution in [0, 0.1) is 0 Å². The predicted octanol–water partition coefficient (Wildman–Crippen LogP) is 6.30. The number of nitrogens with one attached hydrogen (secondary N) is 1. The Morgan fingerprint density at radius 2 is 1.75 bits per heavy atom. The molecule has 0 unspecified atom stereocenters. The maximum Gasteiger partial charge on any atom is 0.264 e. The Morgan fingerprint density at radius 3 is 2.53 bits per heavy atom. The van der Waals surface area contributed by atoms with E-state index in [4.69, 9.17) is 4.74 Å². The topological polar surface area (TPSA) is 64.1 Å². The van der Waals surface area contributed by atoms with Gasteiger partial charge in [0.2, 0.25) is 5.13 Å². The molecule has 1 heterocycles. The number of carbonyl (C=O) groups excluding carboxylic acids is 1. The van der Waals surface area contributed by atoms with Gasteiger partial charge in [-0.15, -0.1) is 10.2 Å². The minimum absolute atomic E-state index is 0.0765. The lowest BCUT2D eigenvalue weighted by Crippen LogP contribution is -2.20. The van der Waals surface area contributed by atoms with E-state index in [0.717, 1.165) is 10.1 Å². The Kier molecular flexibility index (Phi) is 6.77. The predicted molar refractivity (Wildman–Crippen MR) is 133 cm³/mol. The highest BCUT2D eigenvalue weighted by molar-refractivity contribution is 8.00. The van der Waals surface area contributed by atoms with Crippen molar-refractivity contribution in [1.82, 2.24) is 10.2 Å². The smallest absolute Gasteiger partial charge is 0.264 e. The standard InChI is InChI=1S/C25H25N3O2S2/c1-25(2,3)19-11-13-20(14-12-19)30-15-22(29)26-23-27-28-24(32-23)31-16-18-9-6-8-17-7-4-5-10-21(17)18/h4-14H,15-16H2,1-3H3,(H,26,27,29). The van der Waals surface area contributed by atoms with Crippen LogP contribution in [0.15, 0.2) is 71.1 Å². The first-order valence-corrected chi connectivity index (χ1v) is 12.1. The number of carbonyl (C=O) groups is 1. The molecule has 7 heteroatoms. The van der Waals surface area contributed by atoms with Gasteiger partial charge in [-0.25, -0.2) is 0 Å². The summed E-state index contributed by atoms with van der Waals surface area (Å²) < 4.78 is 6.41. The molecule has 1 N–H and O–H groups in total. The Hall–Kier alpha value is -2.90. The number of anilines is 1. The SMILES string of the molecule is CC(C)(C)c1ccc(OCC(=O)Nc2nnc(SCc3cccc4ccccc34)s2)cc1. The van der Waals surface area contributed by atoms with Crippen molar-refractivity contribution in [3.8, 4) is 5.75 Å². The summed E-state index contributed by atoms with van der Waals surface area (Å²) in [6, 6.07) is 22.5. The molecule has 32 heavy (non-hydrogen) atoms. The molecule has 1 amide bonds. The fraction of sp³-hybridized carbons (Fsp3) is 0.240. The van der Waals surface area contributed by atoms with Gasteiger partial charge in [0.15, 0.2) is 10.9 Å². The molecule has 164 valence electrons. The van der Waals surface area contributed by atoms with Crippen molar-refractivity contribution in [3.63, 3.8) is 0 Å². The van der Waals surface area contributed by atoms with Crippen molar-refractivity contribution < 1.29 is 9.53 Å². The molecule has 0 saturated heterocycles. The average molecular weight is 464 g/mol. The normalized spacial score (nSPS) is 11.5. The summed E-state index contributed by atoms with van der Waals surface area (Å²) in [6.45, 7) is 6.40. The number of rotatable bonds is 7. The molecule has 1 aromatic heterocycles. The van der Waals surface area contributed by atoms with Gasteiger partial charge < -0.3 is 4.74 Å². The van der Waals surface area contributed by atoms with Crippen molar-refractivity contribution >= 4 is 44.9 Å². The van der Waals surface area contributed by atoms with E-state index < -0.39 is 0 Å². The molecule has 0 spiro atoms. The number of amides is 1. The maximum absolute atomic E-state index is 12.2. The first-order valence-electron chi connectivity index (χ1n) is 10.3. The van der Waals surface area contributed by atoms with E-state index in [1.807, 2.05) is 30.3 Å². The van der Waals surface area contributed by atoms with E-state index in [-0.39, 0.29) is 17.9 Å². The van der Waals surface area contributed by atoms with Gasteiger partial charge in [0.25, 0.3) is 5.91 Å². The highest BCUT2D eigenvalue weighted by atomic mass is 32.2. The third-order valence-electron chi connectivity index (χ3n) is 4.97. The molecule has 0 aliphatic rings. The number of benzene rings is 3. The van der Waals surface area contributed by atoms with Gasteiger partial charge in [-0.1, -0.05) is 98.5 Å². The van der Waals surface area contributed by atoms with Crippen LogP contribution in [0.4, 0.5) is 5.13 Å². The fourth-order valence-corrected chi connectivity index (χ4v) is 5.00. The first-order chi connectivity index (χ1) is 15.4. The lowest BCUT2D eigenvalue weighted by molar-refractivity contribution is -0.118. The second-order valence-corrected chi connectivity index (χ2v) is 10.6. The monoisotopic (exact) mass is 463 g/mol. The van der Waals surface area contributed by atoms with Crippen LogP contribution >= 0.6 is 23.1 Å². The zero-order valence-electron chi connectivity index (χ0n) is 18.3. The van der Waals surface area contributed by atoms with E-state index in [2.05, 4.69) is 72.7 Å². The molecule has 0 saturated carbocycles.